The predicted molar refractivity (Wildman–Crippen MR) is 127 cm³/mol. The number of benzene rings is 1. The number of hydrogen-bond acceptors (Lipinski definition) is 1. The molecule has 167 valence electrons. The second-order valence-corrected chi connectivity index (χ2v) is 8.74. The molecule has 0 amide bonds. The van der Waals surface area contributed by atoms with Crippen LogP contribution in [0.25, 0.3) is 0 Å². The highest BCUT2D eigenvalue weighted by Gasteiger charge is 2.05. The first-order chi connectivity index (χ1) is 14.3. The van der Waals surface area contributed by atoms with Crippen LogP contribution in [0.2, 0.25) is 0 Å². The van der Waals surface area contributed by atoms with Crippen LogP contribution in [0, 0.1) is 0 Å². The summed E-state index contributed by atoms with van der Waals surface area (Å²) in [5, 5.41) is 0. The summed E-state index contributed by atoms with van der Waals surface area (Å²) in [6.45, 7) is 4.48. The fourth-order valence-corrected chi connectivity index (χ4v) is 3.92. The Bertz CT molecular complexity index is 473. The van der Waals surface area contributed by atoms with Crippen molar-refractivity contribution >= 4 is 0 Å². The van der Waals surface area contributed by atoms with Gasteiger partial charge in [-0.1, -0.05) is 116 Å². The van der Waals surface area contributed by atoms with Crippen LogP contribution in [0.5, 0.6) is 5.75 Å². The smallest absolute Gasteiger partial charge is 0.162 e. The molecule has 1 aromatic rings. The van der Waals surface area contributed by atoms with Gasteiger partial charge in [0.25, 0.3) is 0 Å². The average molecular weight is 403 g/mol. The first-order valence-electron chi connectivity index (χ1n) is 12.7. The van der Waals surface area contributed by atoms with Crippen LogP contribution in [0.4, 0.5) is 0 Å². The molecule has 0 bridgehead atoms. The lowest BCUT2D eigenvalue weighted by atomic mass is 10.0. The third-order valence-electron chi connectivity index (χ3n) is 5.82. The van der Waals surface area contributed by atoms with Gasteiger partial charge < -0.3 is 4.74 Å². The molecule has 2 heteroatoms. The monoisotopic (exact) mass is 402 g/mol. The van der Waals surface area contributed by atoms with Crippen molar-refractivity contribution in [2.24, 2.45) is 0 Å². The van der Waals surface area contributed by atoms with Crippen LogP contribution < -0.4 is 10.5 Å². The molecular formula is C27H48NO. The fourth-order valence-electron chi connectivity index (χ4n) is 3.92. The molecule has 1 radical (unpaired) electrons. The Balaban J connectivity index is 2.00. The maximum atomic E-state index is 8.05. The lowest BCUT2D eigenvalue weighted by Gasteiger charge is -2.14. The first kappa shape index (κ1) is 26.0. The SMILES string of the molecule is CCCCCCCCCCCCCCCc1cccc(OC([NH])CCCCC)c1. The summed E-state index contributed by atoms with van der Waals surface area (Å²) >= 11 is 0. The largest absolute Gasteiger partial charge is 0.474 e. The molecule has 0 spiro atoms. The summed E-state index contributed by atoms with van der Waals surface area (Å²) in [4.78, 5) is 0. The molecule has 0 aliphatic rings. The molecular weight excluding hydrogens is 354 g/mol. The van der Waals surface area contributed by atoms with Crippen molar-refractivity contribution in [3.05, 3.63) is 29.8 Å². The van der Waals surface area contributed by atoms with Gasteiger partial charge in [-0.3, -0.25) is 0 Å². The highest BCUT2D eigenvalue weighted by Crippen LogP contribution is 2.19. The van der Waals surface area contributed by atoms with Crippen molar-refractivity contribution in [3.63, 3.8) is 0 Å². The highest BCUT2D eigenvalue weighted by molar-refractivity contribution is 5.28. The van der Waals surface area contributed by atoms with Crippen LogP contribution in [0.3, 0.4) is 0 Å². The van der Waals surface area contributed by atoms with Gasteiger partial charge in [0.2, 0.25) is 0 Å². The molecule has 1 unspecified atom stereocenters. The topological polar surface area (TPSA) is 33.0 Å². The van der Waals surface area contributed by atoms with E-state index in [0.717, 1.165) is 25.0 Å². The van der Waals surface area contributed by atoms with Crippen molar-refractivity contribution in [3.8, 4) is 5.75 Å². The van der Waals surface area contributed by atoms with E-state index in [9.17, 15) is 0 Å². The molecule has 1 atom stereocenters. The third-order valence-corrected chi connectivity index (χ3v) is 5.82. The molecule has 0 fully saturated rings. The van der Waals surface area contributed by atoms with Gasteiger partial charge in [-0.15, -0.1) is 0 Å². The molecule has 0 aliphatic carbocycles. The van der Waals surface area contributed by atoms with Crippen LogP contribution in [0.15, 0.2) is 24.3 Å². The van der Waals surface area contributed by atoms with E-state index < -0.39 is 6.23 Å². The third kappa shape index (κ3) is 15.5. The average Bonchev–Trinajstić information content (AvgIpc) is 2.72. The zero-order chi connectivity index (χ0) is 21.0. The van der Waals surface area contributed by atoms with Crippen LogP contribution in [-0.4, -0.2) is 6.23 Å². The maximum absolute atomic E-state index is 8.05. The molecule has 0 saturated carbocycles. The summed E-state index contributed by atoms with van der Waals surface area (Å²) in [7, 11) is 0. The van der Waals surface area contributed by atoms with Gasteiger partial charge in [0.15, 0.2) is 6.23 Å². The molecule has 1 rings (SSSR count). The Morgan fingerprint density at radius 1 is 0.690 bits per heavy atom. The Hall–Kier alpha value is -1.02. The number of nitrogens with one attached hydrogen (secondary N) is 1. The maximum Gasteiger partial charge on any atom is 0.162 e. The number of aryl methyl sites for hydroxylation is 1. The minimum absolute atomic E-state index is 0.423. The second-order valence-electron chi connectivity index (χ2n) is 8.74. The van der Waals surface area contributed by atoms with Gasteiger partial charge in [0.05, 0.1) is 0 Å². The van der Waals surface area contributed by atoms with Gasteiger partial charge in [-0.25, -0.2) is 5.73 Å². The van der Waals surface area contributed by atoms with Crippen LogP contribution in [-0.2, 0) is 6.42 Å². The summed E-state index contributed by atoms with van der Waals surface area (Å²) in [5.41, 5.74) is 9.40. The zero-order valence-corrected chi connectivity index (χ0v) is 19.5. The Kier molecular flexibility index (Phi) is 17.0. The summed E-state index contributed by atoms with van der Waals surface area (Å²) in [6, 6.07) is 8.41. The minimum atomic E-state index is -0.423. The number of hydrogen-bond donors (Lipinski definition) is 0. The quantitative estimate of drug-likeness (QED) is 0.200. The van der Waals surface area contributed by atoms with E-state index in [0.29, 0.717) is 0 Å². The standard InChI is InChI=1S/C27H48NO/c1-3-5-7-8-9-10-11-12-13-14-15-16-18-20-25-21-19-22-26(24-25)29-27(28)23-17-6-4-2/h19,21-22,24,27-28H,3-18,20,23H2,1-2H3. The summed E-state index contributed by atoms with van der Waals surface area (Å²) in [6.07, 6.45) is 23.2. The van der Waals surface area contributed by atoms with Crippen molar-refractivity contribution < 1.29 is 4.74 Å². The van der Waals surface area contributed by atoms with Crippen molar-refractivity contribution in [2.75, 3.05) is 0 Å². The van der Waals surface area contributed by atoms with Crippen LogP contribution in [0.1, 0.15) is 129 Å². The second kappa shape index (κ2) is 19.0. The molecule has 0 saturated heterocycles. The molecule has 29 heavy (non-hydrogen) atoms. The Labute approximate surface area is 182 Å². The number of rotatable bonds is 20. The molecule has 0 aliphatic heterocycles. The van der Waals surface area contributed by atoms with E-state index >= 15 is 0 Å². The van der Waals surface area contributed by atoms with E-state index in [1.165, 1.54) is 102 Å². The Morgan fingerprint density at radius 3 is 1.79 bits per heavy atom. The van der Waals surface area contributed by atoms with E-state index in [4.69, 9.17) is 10.5 Å². The van der Waals surface area contributed by atoms with Crippen molar-refractivity contribution in [1.82, 2.24) is 5.73 Å². The number of unbranched alkanes of at least 4 members (excludes halogenated alkanes) is 14. The van der Waals surface area contributed by atoms with Gasteiger partial charge >= 0.3 is 0 Å². The summed E-state index contributed by atoms with van der Waals surface area (Å²) in [5.74, 6) is 0.869. The van der Waals surface area contributed by atoms with E-state index in [1.54, 1.807) is 0 Å². The van der Waals surface area contributed by atoms with Gasteiger partial charge in [-0.2, -0.15) is 0 Å². The molecule has 1 aromatic carbocycles. The van der Waals surface area contributed by atoms with Crippen molar-refractivity contribution in [2.45, 2.75) is 136 Å². The molecule has 0 heterocycles. The highest BCUT2D eigenvalue weighted by atomic mass is 16.5. The van der Waals surface area contributed by atoms with E-state index in [2.05, 4.69) is 32.0 Å². The normalized spacial score (nSPS) is 12.2. The lowest BCUT2D eigenvalue weighted by molar-refractivity contribution is 0.187. The van der Waals surface area contributed by atoms with Gasteiger partial charge in [0.1, 0.15) is 5.75 Å². The number of ether oxygens (including phenoxy) is 1. The summed E-state index contributed by atoms with van der Waals surface area (Å²) < 4.78 is 5.79. The van der Waals surface area contributed by atoms with Crippen molar-refractivity contribution in [1.29, 1.82) is 0 Å². The van der Waals surface area contributed by atoms with E-state index in [1.807, 2.05) is 6.07 Å². The van der Waals surface area contributed by atoms with Crippen LogP contribution >= 0.6 is 0 Å². The minimum Gasteiger partial charge on any atom is -0.474 e. The molecule has 0 aromatic heterocycles. The van der Waals surface area contributed by atoms with Gasteiger partial charge in [-0.05, 0) is 43.4 Å². The van der Waals surface area contributed by atoms with E-state index in [-0.39, 0.29) is 0 Å². The molecule has 1 N–H and O–H groups in total. The van der Waals surface area contributed by atoms with Gasteiger partial charge in [0, 0.05) is 0 Å². The molecule has 2 nitrogen and oxygen atoms in total. The predicted octanol–water partition coefficient (Wildman–Crippen LogP) is 8.89. The Morgan fingerprint density at radius 2 is 1.21 bits per heavy atom. The lowest BCUT2D eigenvalue weighted by Crippen LogP contribution is -2.17. The zero-order valence-electron chi connectivity index (χ0n) is 19.5. The first-order valence-corrected chi connectivity index (χ1v) is 12.7. The fraction of sp³-hybridized carbons (Fsp3) is 0.778.